The molecule has 0 fully saturated rings. The van der Waals surface area contributed by atoms with E-state index >= 15 is 0 Å². The van der Waals surface area contributed by atoms with Crippen molar-refractivity contribution >= 4 is 29.1 Å². The van der Waals surface area contributed by atoms with Gasteiger partial charge in [-0.05, 0) is 55.2 Å². The van der Waals surface area contributed by atoms with Gasteiger partial charge in [-0.15, -0.1) is 0 Å². The molecule has 4 nitrogen and oxygen atoms in total. The number of hydrogen-bond donors (Lipinski definition) is 2. The number of hydrogen-bond acceptors (Lipinski definition) is 2. The Hall–Kier alpha value is -2.33. The van der Waals surface area contributed by atoms with E-state index in [0.717, 1.165) is 5.56 Å². The lowest BCUT2D eigenvalue weighted by Gasteiger charge is -2.19. The van der Waals surface area contributed by atoms with Crippen LogP contribution in [0.15, 0.2) is 42.5 Å². The first-order valence-electron chi connectivity index (χ1n) is 8.60. The van der Waals surface area contributed by atoms with Crippen LogP contribution in [0.1, 0.15) is 60.9 Å². The number of benzene rings is 2. The average Bonchev–Trinajstić information content (AvgIpc) is 2.55. The Bertz CT molecular complexity index is 806. The van der Waals surface area contributed by atoms with Gasteiger partial charge in [-0.1, -0.05) is 44.5 Å². The van der Waals surface area contributed by atoms with Gasteiger partial charge in [0.15, 0.2) is 0 Å². The minimum absolute atomic E-state index is 0.0242. The van der Waals surface area contributed by atoms with Crippen LogP contribution in [0.5, 0.6) is 0 Å². The van der Waals surface area contributed by atoms with E-state index in [-0.39, 0.29) is 23.3 Å². The maximum atomic E-state index is 12.5. The van der Waals surface area contributed by atoms with Crippen LogP contribution >= 0.6 is 11.6 Å². The summed E-state index contributed by atoms with van der Waals surface area (Å²) < 4.78 is 0. The van der Waals surface area contributed by atoms with Crippen molar-refractivity contribution in [1.29, 1.82) is 0 Å². The molecule has 0 heterocycles. The zero-order valence-corrected chi connectivity index (χ0v) is 16.6. The summed E-state index contributed by atoms with van der Waals surface area (Å²) in [5.41, 5.74) is 2.57. The highest BCUT2D eigenvalue weighted by molar-refractivity contribution is 6.34. The Labute approximate surface area is 159 Å². The fraction of sp³-hybridized carbons (Fsp3) is 0.333. The predicted molar refractivity (Wildman–Crippen MR) is 107 cm³/mol. The Morgan fingerprint density at radius 1 is 0.923 bits per heavy atom. The van der Waals surface area contributed by atoms with Gasteiger partial charge < -0.3 is 10.6 Å². The van der Waals surface area contributed by atoms with Crippen LogP contribution in [0, 0.1) is 0 Å². The third-order valence-electron chi connectivity index (χ3n) is 3.91. The molecule has 0 unspecified atom stereocenters. The highest BCUT2D eigenvalue weighted by Crippen LogP contribution is 2.25. The molecule has 0 bridgehead atoms. The third kappa shape index (κ3) is 5.09. The lowest BCUT2D eigenvalue weighted by atomic mass is 9.87. The van der Waals surface area contributed by atoms with Crippen molar-refractivity contribution in [3.05, 3.63) is 64.2 Å². The summed E-state index contributed by atoms with van der Waals surface area (Å²) in [5.74, 6) is -0.476. The van der Waals surface area contributed by atoms with Crippen LogP contribution in [-0.4, -0.2) is 17.9 Å². The summed E-state index contributed by atoms with van der Waals surface area (Å²) in [7, 11) is 0. The van der Waals surface area contributed by atoms with Crippen molar-refractivity contribution < 1.29 is 9.59 Å². The van der Waals surface area contributed by atoms with Crippen LogP contribution in [0.3, 0.4) is 0 Å². The molecule has 2 rings (SSSR count). The van der Waals surface area contributed by atoms with Crippen LogP contribution in [-0.2, 0) is 5.41 Å². The van der Waals surface area contributed by atoms with E-state index in [0.29, 0.717) is 21.8 Å². The second kappa shape index (κ2) is 7.92. The molecule has 0 atom stereocenters. The van der Waals surface area contributed by atoms with Crippen molar-refractivity contribution in [1.82, 2.24) is 5.32 Å². The Morgan fingerprint density at radius 2 is 1.50 bits per heavy atom. The second-order valence-corrected chi connectivity index (χ2v) is 8.01. The number of nitrogens with one attached hydrogen (secondary N) is 2. The number of amides is 2. The molecule has 0 saturated carbocycles. The van der Waals surface area contributed by atoms with E-state index in [9.17, 15) is 9.59 Å². The minimum atomic E-state index is -0.270. The van der Waals surface area contributed by atoms with Gasteiger partial charge in [0.05, 0.1) is 10.7 Å². The van der Waals surface area contributed by atoms with E-state index in [2.05, 4.69) is 31.4 Å². The molecule has 0 aliphatic heterocycles. The first kappa shape index (κ1) is 20.0. The molecule has 2 aromatic carbocycles. The average molecular weight is 373 g/mol. The molecular formula is C21H25ClN2O2. The highest BCUT2D eigenvalue weighted by Gasteiger charge is 2.16. The molecular weight excluding hydrogens is 348 g/mol. The molecule has 138 valence electrons. The Balaban J connectivity index is 2.19. The molecule has 2 N–H and O–H groups in total. The summed E-state index contributed by atoms with van der Waals surface area (Å²) in [4.78, 5) is 24.7. The molecule has 0 aromatic heterocycles. The zero-order chi connectivity index (χ0) is 19.5. The third-order valence-corrected chi connectivity index (χ3v) is 4.24. The number of halogens is 1. The normalized spacial score (nSPS) is 11.3. The zero-order valence-electron chi connectivity index (χ0n) is 15.8. The number of carbonyl (C=O) groups is 2. The van der Waals surface area contributed by atoms with E-state index in [1.165, 1.54) is 0 Å². The SMILES string of the molecule is CC(C)NC(=O)c1ccc(Cl)c(NC(=O)c2ccc(C(C)(C)C)cc2)c1. The number of anilines is 1. The smallest absolute Gasteiger partial charge is 0.255 e. The van der Waals surface area contributed by atoms with Gasteiger partial charge in [-0.2, -0.15) is 0 Å². The van der Waals surface area contributed by atoms with Gasteiger partial charge in [-0.25, -0.2) is 0 Å². The molecule has 0 aliphatic rings. The largest absolute Gasteiger partial charge is 0.350 e. The summed E-state index contributed by atoms with van der Waals surface area (Å²) in [6, 6.07) is 12.3. The standard InChI is InChI=1S/C21H25ClN2O2/c1-13(2)23-20(26)15-8-11-17(22)18(12-15)24-19(25)14-6-9-16(10-7-14)21(3,4)5/h6-13H,1-5H3,(H,23,26)(H,24,25). The first-order chi connectivity index (χ1) is 12.1. The first-order valence-corrected chi connectivity index (χ1v) is 8.98. The Kier molecular flexibility index (Phi) is 6.09. The van der Waals surface area contributed by atoms with E-state index in [4.69, 9.17) is 11.6 Å². The second-order valence-electron chi connectivity index (χ2n) is 7.60. The maximum absolute atomic E-state index is 12.5. The van der Waals surface area contributed by atoms with Crippen molar-refractivity contribution in [3.8, 4) is 0 Å². The fourth-order valence-corrected chi connectivity index (χ4v) is 2.59. The number of carbonyl (C=O) groups excluding carboxylic acids is 2. The van der Waals surface area contributed by atoms with Gasteiger partial charge in [0.1, 0.15) is 0 Å². The van der Waals surface area contributed by atoms with Gasteiger partial charge in [0, 0.05) is 17.2 Å². The lowest BCUT2D eigenvalue weighted by molar-refractivity contribution is 0.0942. The van der Waals surface area contributed by atoms with E-state index < -0.39 is 0 Å². The fourth-order valence-electron chi connectivity index (χ4n) is 2.42. The predicted octanol–water partition coefficient (Wildman–Crippen LogP) is 5.03. The van der Waals surface area contributed by atoms with E-state index in [1.807, 2.05) is 26.0 Å². The molecule has 2 amide bonds. The lowest BCUT2D eigenvalue weighted by Crippen LogP contribution is -2.30. The monoisotopic (exact) mass is 372 g/mol. The summed E-state index contributed by atoms with van der Waals surface area (Å²) in [6.07, 6.45) is 0. The summed E-state index contributed by atoms with van der Waals surface area (Å²) >= 11 is 6.18. The van der Waals surface area contributed by atoms with Crippen LogP contribution in [0.2, 0.25) is 5.02 Å². The highest BCUT2D eigenvalue weighted by atomic mass is 35.5. The van der Waals surface area contributed by atoms with E-state index in [1.54, 1.807) is 30.3 Å². The summed E-state index contributed by atoms with van der Waals surface area (Å²) in [6.45, 7) is 10.1. The quantitative estimate of drug-likeness (QED) is 0.790. The van der Waals surface area contributed by atoms with Crippen molar-refractivity contribution in [2.24, 2.45) is 0 Å². The molecule has 0 aliphatic carbocycles. The van der Waals surface area contributed by atoms with Crippen molar-refractivity contribution in [2.75, 3.05) is 5.32 Å². The topological polar surface area (TPSA) is 58.2 Å². The molecule has 0 spiro atoms. The van der Waals surface area contributed by atoms with Crippen molar-refractivity contribution in [3.63, 3.8) is 0 Å². The van der Waals surface area contributed by atoms with Gasteiger partial charge >= 0.3 is 0 Å². The van der Waals surface area contributed by atoms with Gasteiger partial charge in [0.25, 0.3) is 11.8 Å². The molecule has 0 radical (unpaired) electrons. The maximum Gasteiger partial charge on any atom is 0.255 e. The van der Waals surface area contributed by atoms with Crippen LogP contribution < -0.4 is 10.6 Å². The summed E-state index contributed by atoms with van der Waals surface area (Å²) in [5, 5.41) is 5.98. The van der Waals surface area contributed by atoms with Gasteiger partial charge in [0.2, 0.25) is 0 Å². The number of rotatable bonds is 4. The van der Waals surface area contributed by atoms with Gasteiger partial charge in [-0.3, -0.25) is 9.59 Å². The molecule has 2 aromatic rings. The molecule has 26 heavy (non-hydrogen) atoms. The Morgan fingerprint density at radius 3 is 2.04 bits per heavy atom. The van der Waals surface area contributed by atoms with Crippen LogP contribution in [0.25, 0.3) is 0 Å². The van der Waals surface area contributed by atoms with Crippen LogP contribution in [0.4, 0.5) is 5.69 Å². The molecule has 5 heteroatoms. The minimum Gasteiger partial charge on any atom is -0.350 e. The molecule has 0 saturated heterocycles. The van der Waals surface area contributed by atoms with Crippen molar-refractivity contribution in [2.45, 2.75) is 46.1 Å².